The first-order valence-corrected chi connectivity index (χ1v) is 37.4. The smallest absolute Gasteiger partial charge is 0.489 e. The van der Waals surface area contributed by atoms with E-state index in [1.54, 1.807) is 36.4 Å². The fraction of sp³-hybridized carbons (Fsp3) is 0.156. The summed E-state index contributed by atoms with van der Waals surface area (Å²) < 4.78 is 223. The second-order valence-corrected chi connectivity index (χ2v) is 27.5. The fourth-order valence-corrected chi connectivity index (χ4v) is 9.40. The molecule has 0 aliphatic heterocycles. The van der Waals surface area contributed by atoms with Crippen LogP contribution < -0.4 is 23.7 Å². The molecule has 8 aromatic carbocycles. The number of ether oxygens (including phenoxy) is 7. The summed E-state index contributed by atoms with van der Waals surface area (Å²) in [4.78, 5) is 76.1. The summed E-state index contributed by atoms with van der Waals surface area (Å²) in [6, 6.07) is 58.0. The van der Waals surface area contributed by atoms with E-state index in [9.17, 15) is 98.3 Å². The Morgan fingerprint density at radius 1 is 0.316 bits per heavy atom. The van der Waals surface area contributed by atoms with E-state index < -0.39 is 132 Å². The highest BCUT2D eigenvalue weighted by atomic mass is 32.2. The molecule has 5 N–H and O–H groups in total. The molecule has 0 saturated carbocycles. The number of hydrogen-bond acceptors (Lipinski definition) is 23. The van der Waals surface area contributed by atoms with Crippen molar-refractivity contribution in [3.05, 3.63) is 286 Å². The molecule has 0 aromatic heterocycles. The Morgan fingerprint density at radius 2 is 0.530 bits per heavy atom. The highest BCUT2D eigenvalue weighted by Gasteiger charge is 2.49. The summed E-state index contributed by atoms with van der Waals surface area (Å²) in [7, 11) is -13.9. The van der Waals surface area contributed by atoms with E-state index in [0.29, 0.717) is 53.2 Å². The molecule has 624 valence electrons. The van der Waals surface area contributed by atoms with Gasteiger partial charge >= 0.3 is 90.0 Å². The number of alkyl halides is 9. The molecule has 0 atom stereocenters. The van der Waals surface area contributed by atoms with Gasteiger partial charge in [-0.15, -0.1) is 0 Å². The van der Waals surface area contributed by atoms with Crippen LogP contribution in [0.2, 0.25) is 0 Å². The fourth-order valence-electron chi connectivity index (χ4n) is 8.06. The van der Waals surface area contributed by atoms with E-state index in [2.05, 4.69) is 22.0 Å². The molecular weight excluding hydrogens is 1640 g/mol. The first-order valence-electron chi connectivity index (χ1n) is 32.4. The van der Waals surface area contributed by atoms with Crippen LogP contribution in [0.4, 0.5) is 39.5 Å². The molecule has 0 aliphatic rings. The van der Waals surface area contributed by atoms with Crippen molar-refractivity contribution in [3.8, 4) is 28.7 Å². The lowest BCUT2D eigenvalue weighted by Gasteiger charge is -2.10. The van der Waals surface area contributed by atoms with Gasteiger partial charge in [0.05, 0.1) is 12.5 Å². The van der Waals surface area contributed by atoms with Crippen LogP contribution in [-0.2, 0) is 106 Å². The van der Waals surface area contributed by atoms with Crippen LogP contribution in [0.1, 0.15) is 58.4 Å². The van der Waals surface area contributed by atoms with E-state index in [4.69, 9.17) is 49.2 Å². The minimum absolute atomic E-state index is 0.108. The predicted octanol–water partition coefficient (Wildman–Crippen LogP) is 14.1. The summed E-state index contributed by atoms with van der Waals surface area (Å²) in [5.41, 5.74) is -1.19. The maximum absolute atomic E-state index is 12.3. The molecule has 8 aromatic rings. The molecule has 0 bridgehead atoms. The lowest BCUT2D eigenvalue weighted by Crippen LogP contribution is -2.26. The third kappa shape index (κ3) is 40.6. The first kappa shape index (κ1) is 95.7. The molecule has 28 nitrogen and oxygen atoms in total. The molecule has 0 heterocycles. The molecule has 117 heavy (non-hydrogen) atoms. The van der Waals surface area contributed by atoms with E-state index in [0.717, 1.165) is 53.5 Å². The number of rotatable bonds is 31. The highest BCUT2D eigenvalue weighted by molar-refractivity contribution is 7.87. The van der Waals surface area contributed by atoms with Crippen LogP contribution in [0.25, 0.3) is 30.4 Å². The normalized spacial score (nSPS) is 12.0. The second kappa shape index (κ2) is 45.3. The zero-order chi connectivity index (χ0) is 87.3. The average Bonchev–Trinajstić information content (AvgIpc) is 0.821. The molecule has 0 spiro atoms. The van der Waals surface area contributed by atoms with Gasteiger partial charge in [0.15, 0.2) is 13.2 Å². The number of benzene rings is 8. The van der Waals surface area contributed by atoms with Crippen LogP contribution in [-0.4, -0.2) is 136 Å². The van der Waals surface area contributed by atoms with Gasteiger partial charge in [0.25, 0.3) is 0 Å². The summed E-state index contributed by atoms with van der Waals surface area (Å²) in [6.45, 7) is 0.152. The van der Waals surface area contributed by atoms with Gasteiger partial charge in [-0.2, -0.15) is 64.8 Å². The predicted molar refractivity (Wildman–Crippen MR) is 397 cm³/mol. The van der Waals surface area contributed by atoms with Crippen molar-refractivity contribution in [1.29, 1.82) is 0 Å². The molecule has 0 saturated heterocycles. The Balaban J connectivity index is 0.000000309. The quantitative estimate of drug-likeness (QED) is 0.00512. The zero-order valence-electron chi connectivity index (χ0n) is 60.9. The third-order valence-electron chi connectivity index (χ3n) is 13.0. The Hall–Kier alpha value is -13.6. The topological polar surface area (TPSA) is 415 Å². The molecule has 0 amide bonds. The summed E-state index contributed by atoms with van der Waals surface area (Å²) in [5, 5.41) is 44.4. The van der Waals surface area contributed by atoms with Gasteiger partial charge in [-0.05, 0) is 136 Å². The van der Waals surface area contributed by atoms with Crippen LogP contribution in [0.3, 0.4) is 0 Å². The minimum atomic E-state index is -6.08. The molecule has 8 rings (SSSR count). The molecule has 0 radical (unpaired) electrons. The maximum Gasteiger partial charge on any atom is 0.534 e. The summed E-state index contributed by atoms with van der Waals surface area (Å²) in [6.07, 6.45) is -2.92. The van der Waals surface area contributed by atoms with E-state index in [-0.39, 0.29) is 29.2 Å². The monoisotopic (exact) mass is 1710 g/mol. The maximum atomic E-state index is 12.3. The Morgan fingerprint density at radius 3 is 0.726 bits per heavy atom. The Bertz CT molecular complexity index is 5160. The van der Waals surface area contributed by atoms with Crippen LogP contribution in [0.5, 0.6) is 28.7 Å². The van der Waals surface area contributed by atoms with Gasteiger partial charge in [-0.3, -0.25) is 9.59 Å². The van der Waals surface area contributed by atoms with Gasteiger partial charge in [0.1, 0.15) is 48.6 Å². The molecule has 0 aliphatic carbocycles. The number of esters is 2. The standard InChI is InChI=1S/C18H15F3O4.C17H13F3O6S.C17H16O6S.C13H11F3O5.C12H12O7S/c19-18(20,21)12-25-16(17(22)23)10-13-6-8-15(9-7-13)24-11-14-4-2-1-3-5-14;18-17(19,20)27(23,24)26-15(16(21)22)10-12-6-8-14(9-7-12)25-11-13-4-2-1-3-5-13;1-24(20,21)23-16(17(18)19)11-13-7-9-15(10-8-13)22-12-14-5-3-2-4-6-14;1-8(17)21-10-4-2-9(3-5-10)6-11(12(18)19)20-7-13(14,15)16;1-8(13)18-10-5-3-9(4-6-10)7-11(12(14)15)19-20(2,16)17/h1-10H,11-12H2,(H,22,23);1-10H,11H2,(H,21,22);2-11H,12H2,1H3,(H,18,19);2-6H,7H2,1H3,(H,18,19);3-7H,1-2H3,(H,14,15)/b16-10-;15-10-;16-11-;11-6-;11-7-. The molecule has 0 unspecified atom stereocenters. The van der Waals surface area contributed by atoms with Gasteiger partial charge < -0.3 is 71.2 Å². The summed E-state index contributed by atoms with van der Waals surface area (Å²) in [5.74, 6) is -11.5. The number of aliphatic carboxylic acids is 5. The van der Waals surface area contributed by atoms with Gasteiger partial charge in [-0.1, -0.05) is 152 Å². The van der Waals surface area contributed by atoms with E-state index in [1.165, 1.54) is 98.8 Å². The van der Waals surface area contributed by atoms with Crippen molar-refractivity contribution in [2.75, 3.05) is 25.7 Å². The molecule has 40 heteroatoms. The van der Waals surface area contributed by atoms with E-state index >= 15 is 0 Å². The SMILES string of the molecule is CC(=O)Oc1ccc(/C=C(\OCC(F)(F)F)C(=O)O)cc1.CC(=O)Oc1ccc(/C=C(\OS(C)(=O)=O)C(=O)O)cc1.CS(=O)(=O)O/C(=C\c1ccc(OCc2ccccc2)cc1)C(=O)O.O=C(O)/C(=C/c1ccc(OCc2ccccc2)cc1)OCC(F)(F)F.O=C(O)/C(=C/c1ccc(OCc2ccccc2)cc1)OS(=O)(=O)C(F)(F)F. The van der Waals surface area contributed by atoms with Gasteiger partial charge in [-0.25, -0.2) is 24.0 Å². The van der Waals surface area contributed by atoms with Gasteiger partial charge in [0.2, 0.25) is 28.8 Å². The Kier molecular flexibility index (Phi) is 37.1. The van der Waals surface area contributed by atoms with Crippen LogP contribution in [0, 0.1) is 0 Å². The first-order chi connectivity index (χ1) is 54.6. The lowest BCUT2D eigenvalue weighted by molar-refractivity contribution is -0.170. The molecule has 0 fully saturated rings. The number of halogens is 9. The zero-order valence-corrected chi connectivity index (χ0v) is 63.3. The van der Waals surface area contributed by atoms with Crippen molar-refractivity contribution in [2.24, 2.45) is 0 Å². The third-order valence-corrected chi connectivity index (χ3v) is 14.9. The van der Waals surface area contributed by atoms with E-state index in [1.807, 2.05) is 91.0 Å². The number of carboxylic acid groups (broad SMARTS) is 5. The number of carbonyl (C=O) groups excluding carboxylic acids is 2. The van der Waals surface area contributed by atoms with Crippen molar-refractivity contribution in [2.45, 2.75) is 51.5 Å². The van der Waals surface area contributed by atoms with Crippen molar-refractivity contribution >= 4 is 103 Å². The second-order valence-electron chi connectivity index (χ2n) is 22.8. The van der Waals surface area contributed by atoms with Crippen LogP contribution >= 0.6 is 0 Å². The Labute approximate surface area is 660 Å². The highest BCUT2D eigenvalue weighted by Crippen LogP contribution is 2.29. The molecular formula is C77H67F9O28S3. The van der Waals surface area contributed by atoms with Gasteiger partial charge in [0, 0.05) is 13.8 Å². The summed E-state index contributed by atoms with van der Waals surface area (Å²) >= 11 is 0. The number of carboxylic acids is 5. The van der Waals surface area contributed by atoms with Crippen molar-refractivity contribution < 1.29 is 170 Å². The largest absolute Gasteiger partial charge is 0.534 e. The lowest BCUT2D eigenvalue weighted by atomic mass is 10.2. The number of carbonyl (C=O) groups is 7. The minimum Gasteiger partial charge on any atom is -0.489 e. The van der Waals surface area contributed by atoms with Crippen molar-refractivity contribution in [1.82, 2.24) is 0 Å². The van der Waals surface area contributed by atoms with Crippen molar-refractivity contribution in [3.63, 3.8) is 0 Å². The number of hydrogen-bond donors (Lipinski definition) is 5. The van der Waals surface area contributed by atoms with Crippen LogP contribution in [0.15, 0.2) is 241 Å². The average molecular weight is 1710 g/mol.